The molecule has 2 aromatic heterocycles. The highest BCUT2D eigenvalue weighted by atomic mass is 35.5. The number of rotatable bonds is 4. The van der Waals surface area contributed by atoms with Crippen LogP contribution in [0.4, 0.5) is 0 Å². The summed E-state index contributed by atoms with van der Waals surface area (Å²) >= 11 is 6.39. The maximum atomic E-state index is 5.74. The van der Waals surface area contributed by atoms with E-state index < -0.39 is 0 Å². The van der Waals surface area contributed by atoms with E-state index in [-0.39, 0.29) is 0 Å². The molecule has 1 aliphatic heterocycles. The maximum Gasteiger partial charge on any atom is 0.142 e. The number of hydrogen-bond acceptors (Lipinski definition) is 5. The van der Waals surface area contributed by atoms with Gasteiger partial charge in [-0.25, -0.2) is 4.98 Å². The number of halogens is 1. The molecule has 3 rings (SSSR count). The van der Waals surface area contributed by atoms with Gasteiger partial charge in [-0.15, -0.1) is 22.9 Å². The Hall–Kier alpha value is -1.01. The molecule has 1 aliphatic rings. The highest BCUT2D eigenvalue weighted by molar-refractivity contribution is 7.14. The van der Waals surface area contributed by atoms with Crippen molar-refractivity contribution in [2.45, 2.75) is 19.4 Å². The summed E-state index contributed by atoms with van der Waals surface area (Å²) in [6.07, 6.45) is 7.72. The van der Waals surface area contributed by atoms with Crippen LogP contribution in [0.1, 0.15) is 17.7 Å². The molecule has 3 heterocycles. The quantitative estimate of drug-likeness (QED) is 0.869. The molecule has 120 valence electrons. The number of aromatic nitrogens is 2. The lowest BCUT2D eigenvalue weighted by Crippen LogP contribution is -2.35. The van der Waals surface area contributed by atoms with E-state index in [9.17, 15) is 0 Å². The van der Waals surface area contributed by atoms with Crippen molar-refractivity contribution in [1.29, 1.82) is 0 Å². The van der Waals surface area contributed by atoms with E-state index in [0.717, 1.165) is 42.8 Å². The molecule has 2 aromatic rings. The van der Waals surface area contributed by atoms with Gasteiger partial charge in [0.05, 0.1) is 5.69 Å². The third-order valence-corrected chi connectivity index (χ3v) is 4.86. The van der Waals surface area contributed by atoms with Gasteiger partial charge in [0.2, 0.25) is 0 Å². The summed E-state index contributed by atoms with van der Waals surface area (Å²) in [7, 11) is 0. The van der Waals surface area contributed by atoms with Crippen LogP contribution in [0.25, 0.3) is 10.7 Å². The van der Waals surface area contributed by atoms with Crippen molar-refractivity contribution in [2.75, 3.05) is 26.0 Å². The molecule has 0 bridgehead atoms. The number of pyridine rings is 1. The second-order valence-corrected chi connectivity index (χ2v) is 6.42. The minimum atomic E-state index is 0.719. The second-order valence-electron chi connectivity index (χ2n) is 5.30. The largest absolute Gasteiger partial charge is 0.330 e. The van der Waals surface area contributed by atoms with E-state index in [4.69, 9.17) is 5.73 Å². The molecule has 0 atom stereocenters. The summed E-state index contributed by atoms with van der Waals surface area (Å²) in [5, 5.41) is 1.01. The van der Waals surface area contributed by atoms with Crippen molar-refractivity contribution in [1.82, 2.24) is 14.9 Å². The van der Waals surface area contributed by atoms with E-state index in [0.29, 0.717) is 0 Å². The number of thiazole rings is 1. The van der Waals surface area contributed by atoms with Gasteiger partial charge >= 0.3 is 0 Å². The topological polar surface area (TPSA) is 55.0 Å². The van der Waals surface area contributed by atoms with Gasteiger partial charge in [0.15, 0.2) is 0 Å². The van der Waals surface area contributed by atoms with Crippen molar-refractivity contribution in [3.63, 3.8) is 0 Å². The Kier molecular flexibility index (Phi) is 7.25. The summed E-state index contributed by atoms with van der Waals surface area (Å²) in [6.45, 7) is 4.14. The van der Waals surface area contributed by atoms with Gasteiger partial charge in [0, 0.05) is 30.2 Å². The fraction of sp³-hybridized carbons (Fsp3) is 0.500. The van der Waals surface area contributed by atoms with Crippen LogP contribution in [0.15, 0.2) is 30.6 Å². The zero-order valence-electron chi connectivity index (χ0n) is 12.9. The Morgan fingerprint density at radius 3 is 2.68 bits per heavy atom. The van der Waals surface area contributed by atoms with Crippen LogP contribution in [-0.4, -0.2) is 40.9 Å². The molecular formula is C16H23ClN4S. The molecule has 0 aromatic carbocycles. The van der Waals surface area contributed by atoms with Crippen LogP contribution >= 0.6 is 22.9 Å². The Labute approximate surface area is 141 Å². The molecule has 22 heavy (non-hydrogen) atoms. The van der Waals surface area contributed by atoms with Gasteiger partial charge in [-0.2, -0.15) is 0 Å². The zero-order chi connectivity index (χ0) is 15.8. The van der Waals surface area contributed by atoms with Gasteiger partial charge < -0.3 is 5.73 Å². The number of alkyl halides is 1. The standard InChI is InChI=1S/C15H20N4S.CH3Cl/c16-9-12-4-7-19(8-5-12)11-13-10-18-15(20-13)14-3-1-2-6-17-14;1-2/h1-3,6,10,12H,4-5,7-9,11,16H2;1H3. The summed E-state index contributed by atoms with van der Waals surface area (Å²) in [5.74, 6) is 0.719. The second kappa shape index (κ2) is 9.20. The fourth-order valence-corrected chi connectivity index (χ4v) is 3.52. The van der Waals surface area contributed by atoms with Crippen molar-refractivity contribution in [3.8, 4) is 10.7 Å². The molecule has 2 N–H and O–H groups in total. The first-order chi connectivity index (χ1) is 10.8. The molecular weight excluding hydrogens is 316 g/mol. The Morgan fingerprint density at radius 2 is 2.05 bits per heavy atom. The average molecular weight is 339 g/mol. The van der Waals surface area contributed by atoms with Gasteiger partial charge in [0.25, 0.3) is 0 Å². The molecule has 0 aliphatic carbocycles. The third kappa shape index (κ3) is 4.74. The lowest BCUT2D eigenvalue weighted by Gasteiger charge is -2.30. The molecule has 0 unspecified atom stereocenters. The van der Waals surface area contributed by atoms with Crippen LogP contribution in [-0.2, 0) is 6.54 Å². The Bertz CT molecular complexity index is 538. The van der Waals surface area contributed by atoms with Crippen LogP contribution in [0, 0.1) is 5.92 Å². The van der Waals surface area contributed by atoms with Crippen LogP contribution in [0.2, 0.25) is 0 Å². The van der Waals surface area contributed by atoms with E-state index in [1.165, 1.54) is 24.1 Å². The number of hydrogen-bond donors (Lipinski definition) is 1. The zero-order valence-corrected chi connectivity index (χ0v) is 14.5. The third-order valence-electron chi connectivity index (χ3n) is 3.86. The summed E-state index contributed by atoms with van der Waals surface area (Å²) < 4.78 is 0. The molecule has 0 spiro atoms. The maximum absolute atomic E-state index is 5.74. The first-order valence-electron chi connectivity index (χ1n) is 7.51. The monoisotopic (exact) mass is 338 g/mol. The number of nitrogens with zero attached hydrogens (tertiary/aromatic N) is 3. The molecule has 0 saturated carbocycles. The molecule has 4 nitrogen and oxygen atoms in total. The van der Waals surface area contributed by atoms with E-state index in [1.54, 1.807) is 11.3 Å². The van der Waals surface area contributed by atoms with Crippen LogP contribution in [0.5, 0.6) is 0 Å². The number of piperidine rings is 1. The highest BCUT2D eigenvalue weighted by Gasteiger charge is 2.18. The van der Waals surface area contributed by atoms with Gasteiger partial charge in [-0.3, -0.25) is 9.88 Å². The molecule has 1 fully saturated rings. The predicted molar refractivity (Wildman–Crippen MR) is 94.2 cm³/mol. The summed E-state index contributed by atoms with van der Waals surface area (Å²) in [4.78, 5) is 12.7. The average Bonchev–Trinajstić information content (AvgIpc) is 3.07. The normalized spacial score (nSPS) is 16.1. The smallest absolute Gasteiger partial charge is 0.142 e. The lowest BCUT2D eigenvalue weighted by atomic mass is 9.97. The van der Waals surface area contributed by atoms with Crippen molar-refractivity contribution >= 4 is 22.9 Å². The van der Waals surface area contributed by atoms with Gasteiger partial charge in [-0.1, -0.05) is 6.07 Å². The molecule has 0 amide bonds. The van der Waals surface area contributed by atoms with Crippen LogP contribution in [0.3, 0.4) is 0 Å². The van der Waals surface area contributed by atoms with Gasteiger partial charge in [-0.05, 0) is 50.5 Å². The van der Waals surface area contributed by atoms with E-state index in [2.05, 4.69) is 26.5 Å². The van der Waals surface area contributed by atoms with Crippen molar-refractivity contribution < 1.29 is 0 Å². The SMILES string of the molecule is CCl.NCC1CCN(Cc2cnc(-c3ccccn3)s2)CC1. The Morgan fingerprint density at radius 1 is 1.27 bits per heavy atom. The van der Waals surface area contributed by atoms with E-state index in [1.807, 2.05) is 30.6 Å². The minimum Gasteiger partial charge on any atom is -0.330 e. The Balaban J connectivity index is 0.000000847. The summed E-state index contributed by atoms with van der Waals surface area (Å²) in [5.41, 5.74) is 6.70. The number of likely N-dealkylation sites (tertiary alicyclic amines) is 1. The fourth-order valence-electron chi connectivity index (χ4n) is 2.59. The van der Waals surface area contributed by atoms with E-state index >= 15 is 0 Å². The first-order valence-corrected chi connectivity index (χ1v) is 9.08. The molecule has 0 radical (unpaired) electrons. The lowest BCUT2D eigenvalue weighted by molar-refractivity contribution is 0.182. The molecule has 1 saturated heterocycles. The first kappa shape index (κ1) is 17.3. The highest BCUT2D eigenvalue weighted by Crippen LogP contribution is 2.25. The minimum absolute atomic E-state index is 0.719. The van der Waals surface area contributed by atoms with Crippen LogP contribution < -0.4 is 5.73 Å². The van der Waals surface area contributed by atoms with Crippen molar-refractivity contribution in [2.24, 2.45) is 11.7 Å². The van der Waals surface area contributed by atoms with Gasteiger partial charge in [0.1, 0.15) is 5.01 Å². The number of nitrogens with two attached hydrogens (primary N) is 1. The molecule has 6 heteroatoms. The predicted octanol–water partition coefficient (Wildman–Crippen LogP) is 3.23. The summed E-state index contributed by atoms with van der Waals surface area (Å²) in [6, 6.07) is 5.94. The van der Waals surface area contributed by atoms with Crippen molar-refractivity contribution in [3.05, 3.63) is 35.5 Å².